The van der Waals surface area contributed by atoms with Gasteiger partial charge in [-0.15, -0.1) is 0 Å². The number of halogens is 9. The van der Waals surface area contributed by atoms with Crippen molar-refractivity contribution < 1.29 is 39.5 Å². The van der Waals surface area contributed by atoms with Gasteiger partial charge in [0.1, 0.15) is 0 Å². The van der Waals surface area contributed by atoms with Crippen LogP contribution >= 0.6 is 0 Å². The molecule has 0 radical (unpaired) electrons. The number of hydrogen-bond acceptors (Lipinski definition) is 0. The summed E-state index contributed by atoms with van der Waals surface area (Å²) in [6.07, 6.45) is 0. The van der Waals surface area contributed by atoms with E-state index in [9.17, 15) is 39.5 Å². The predicted octanol–water partition coefficient (Wildman–Crippen LogP) is 4.76. The molecule has 0 spiro atoms. The topological polar surface area (TPSA) is 0 Å². The monoisotopic (exact) mass is 306 g/mol. The van der Waals surface area contributed by atoms with Gasteiger partial charge in [-0.05, 0) is 12.5 Å². The van der Waals surface area contributed by atoms with Crippen LogP contribution in [-0.4, -0.2) is 0 Å². The van der Waals surface area contributed by atoms with Gasteiger partial charge in [0, 0.05) is 5.56 Å². The van der Waals surface area contributed by atoms with Gasteiger partial charge in [-0.25, -0.2) is 22.0 Å². The van der Waals surface area contributed by atoms with Crippen LogP contribution in [0.5, 0.6) is 0 Å². The zero-order valence-electron chi connectivity index (χ0n) is 9.40. The summed E-state index contributed by atoms with van der Waals surface area (Å²) in [4.78, 5) is 0. The zero-order valence-corrected chi connectivity index (χ0v) is 9.40. The highest BCUT2D eigenvalue weighted by Crippen LogP contribution is 2.56. The summed E-state index contributed by atoms with van der Waals surface area (Å²) < 4.78 is 119. The molecule has 1 aliphatic rings. The molecular weight excluding hydrogens is 303 g/mol. The molecule has 0 fully saturated rings. The highest BCUT2D eigenvalue weighted by atomic mass is 19.3. The van der Waals surface area contributed by atoms with Gasteiger partial charge in [0.25, 0.3) is 0 Å². The molecule has 0 amide bonds. The third-order valence-electron chi connectivity index (χ3n) is 2.93. The molecule has 0 heterocycles. The second-order valence-electron chi connectivity index (χ2n) is 4.09. The molecule has 0 unspecified atom stereocenters. The van der Waals surface area contributed by atoms with Crippen molar-refractivity contribution in [2.24, 2.45) is 0 Å². The summed E-state index contributed by atoms with van der Waals surface area (Å²) in [7, 11) is 0. The van der Waals surface area contributed by atoms with Crippen LogP contribution in [0.3, 0.4) is 0 Å². The number of alkyl halides is 4. The quantitative estimate of drug-likeness (QED) is 0.479. The second kappa shape index (κ2) is 3.92. The minimum absolute atomic E-state index is 0.428. The fourth-order valence-corrected chi connectivity index (χ4v) is 1.96. The lowest BCUT2D eigenvalue weighted by molar-refractivity contribution is -0.0522. The van der Waals surface area contributed by atoms with Crippen LogP contribution in [0.25, 0.3) is 0 Å². The van der Waals surface area contributed by atoms with Crippen LogP contribution in [0.15, 0.2) is 11.7 Å². The fraction of sp³-hybridized carbons (Fsp3) is 0.273. The van der Waals surface area contributed by atoms with Gasteiger partial charge >= 0.3 is 11.8 Å². The molecule has 0 saturated carbocycles. The molecule has 20 heavy (non-hydrogen) atoms. The van der Waals surface area contributed by atoms with Crippen molar-refractivity contribution in [2.75, 3.05) is 0 Å². The first-order valence-electron chi connectivity index (χ1n) is 4.95. The zero-order chi connectivity index (χ0) is 15.6. The summed E-state index contributed by atoms with van der Waals surface area (Å²) in [6.45, 7) is 0.428. The van der Waals surface area contributed by atoms with Crippen LogP contribution in [-0.2, 0) is 11.8 Å². The van der Waals surface area contributed by atoms with Crippen molar-refractivity contribution in [3.63, 3.8) is 0 Å². The van der Waals surface area contributed by atoms with Gasteiger partial charge in [0.2, 0.25) is 11.7 Å². The Kier molecular flexibility index (Phi) is 2.89. The SMILES string of the molecule is Cc1c(F)c(F)c(F)c2c1C(F)(F)C(F)=C(F)C2(F)F. The van der Waals surface area contributed by atoms with E-state index >= 15 is 0 Å². The summed E-state index contributed by atoms with van der Waals surface area (Å²) in [5.41, 5.74) is -5.94. The molecule has 1 aromatic carbocycles. The molecule has 0 aromatic heterocycles. The molecule has 110 valence electrons. The van der Waals surface area contributed by atoms with E-state index in [0.29, 0.717) is 6.92 Å². The molecule has 0 saturated heterocycles. The molecular formula is C11H3F9. The number of fused-ring (bicyclic) bond motifs is 1. The van der Waals surface area contributed by atoms with Crippen LogP contribution in [0, 0.1) is 24.4 Å². The Bertz CT molecular complexity index is 587. The molecule has 0 aliphatic heterocycles. The van der Waals surface area contributed by atoms with Crippen molar-refractivity contribution in [1.82, 2.24) is 0 Å². The maximum atomic E-state index is 13.5. The lowest BCUT2D eigenvalue weighted by atomic mass is 9.85. The van der Waals surface area contributed by atoms with Crippen molar-refractivity contribution in [3.8, 4) is 0 Å². The van der Waals surface area contributed by atoms with E-state index in [1.807, 2.05) is 0 Å². The third kappa shape index (κ3) is 1.52. The third-order valence-corrected chi connectivity index (χ3v) is 2.93. The summed E-state index contributed by atoms with van der Waals surface area (Å²) in [5, 5.41) is 0. The Labute approximate surface area is 105 Å². The van der Waals surface area contributed by atoms with E-state index in [-0.39, 0.29) is 0 Å². The molecule has 0 atom stereocenters. The maximum Gasteiger partial charge on any atom is 0.330 e. The first-order valence-corrected chi connectivity index (χ1v) is 4.95. The molecule has 2 rings (SSSR count). The Morgan fingerprint density at radius 3 is 1.45 bits per heavy atom. The van der Waals surface area contributed by atoms with Gasteiger partial charge in [-0.1, -0.05) is 0 Å². The van der Waals surface area contributed by atoms with E-state index in [4.69, 9.17) is 0 Å². The Morgan fingerprint density at radius 1 is 0.600 bits per heavy atom. The van der Waals surface area contributed by atoms with Gasteiger partial charge in [-0.3, -0.25) is 0 Å². The lowest BCUT2D eigenvalue weighted by Crippen LogP contribution is -2.34. The Hall–Kier alpha value is -1.67. The molecule has 1 aliphatic carbocycles. The van der Waals surface area contributed by atoms with Crippen LogP contribution in [0.1, 0.15) is 16.7 Å². The highest BCUT2D eigenvalue weighted by Gasteiger charge is 2.60. The minimum Gasteiger partial charge on any atom is -0.203 e. The number of allylic oxidation sites excluding steroid dienone is 2. The van der Waals surface area contributed by atoms with E-state index in [2.05, 4.69) is 0 Å². The summed E-state index contributed by atoms with van der Waals surface area (Å²) >= 11 is 0. The average Bonchev–Trinajstić information content (AvgIpc) is 2.36. The maximum absolute atomic E-state index is 13.5. The summed E-state index contributed by atoms with van der Waals surface area (Å²) in [5.74, 6) is -23.9. The van der Waals surface area contributed by atoms with Crippen LogP contribution < -0.4 is 0 Å². The molecule has 0 N–H and O–H groups in total. The first-order chi connectivity index (χ1) is 8.95. The highest BCUT2D eigenvalue weighted by molar-refractivity contribution is 5.52. The molecule has 0 nitrogen and oxygen atoms in total. The Balaban J connectivity index is 3.05. The second-order valence-corrected chi connectivity index (χ2v) is 4.09. The van der Waals surface area contributed by atoms with Crippen molar-refractivity contribution in [1.29, 1.82) is 0 Å². The van der Waals surface area contributed by atoms with E-state index < -0.39 is 57.6 Å². The van der Waals surface area contributed by atoms with Gasteiger partial charge in [0.05, 0.1) is 5.56 Å². The predicted molar refractivity (Wildman–Crippen MR) is 48.1 cm³/mol. The van der Waals surface area contributed by atoms with Gasteiger partial charge in [-0.2, -0.15) is 17.6 Å². The standard InChI is InChI=1S/C11H3F9/c1-2-3-4(6(13)7(14)5(2)12)11(19,20)9(16)8(15)10(3,17)18/h1H3. The van der Waals surface area contributed by atoms with E-state index in [0.717, 1.165) is 0 Å². The smallest absolute Gasteiger partial charge is 0.203 e. The van der Waals surface area contributed by atoms with E-state index in [1.54, 1.807) is 0 Å². The number of benzene rings is 1. The summed E-state index contributed by atoms with van der Waals surface area (Å²) in [6, 6.07) is 0. The van der Waals surface area contributed by atoms with Crippen LogP contribution in [0.2, 0.25) is 0 Å². The lowest BCUT2D eigenvalue weighted by Gasteiger charge is -2.30. The van der Waals surface area contributed by atoms with Crippen molar-refractivity contribution in [2.45, 2.75) is 18.8 Å². The minimum atomic E-state index is -5.16. The number of hydrogen-bond donors (Lipinski definition) is 0. The van der Waals surface area contributed by atoms with Crippen molar-refractivity contribution in [3.05, 3.63) is 45.8 Å². The molecule has 9 heteroatoms. The molecule has 0 bridgehead atoms. The van der Waals surface area contributed by atoms with Crippen LogP contribution in [0.4, 0.5) is 39.5 Å². The average molecular weight is 306 g/mol. The van der Waals surface area contributed by atoms with E-state index in [1.165, 1.54) is 0 Å². The van der Waals surface area contributed by atoms with Gasteiger partial charge < -0.3 is 0 Å². The Morgan fingerprint density at radius 2 is 1.00 bits per heavy atom. The van der Waals surface area contributed by atoms with Crippen molar-refractivity contribution >= 4 is 0 Å². The van der Waals surface area contributed by atoms with Gasteiger partial charge in [0.15, 0.2) is 17.5 Å². The first kappa shape index (κ1) is 14.7. The largest absolute Gasteiger partial charge is 0.330 e. The molecule has 1 aromatic rings. The fourth-order valence-electron chi connectivity index (χ4n) is 1.96. The number of rotatable bonds is 0. The normalized spacial score (nSPS) is 20.1.